The molecule has 1 aliphatic heterocycles. The van der Waals surface area contributed by atoms with E-state index in [1.165, 1.54) is 0 Å². The lowest BCUT2D eigenvalue weighted by Crippen LogP contribution is -2.44. The normalized spacial score (nSPS) is 21.8. The fourth-order valence-corrected chi connectivity index (χ4v) is 5.02. The minimum atomic E-state index is -3.07. The average Bonchev–Trinajstić information content (AvgIpc) is 3.31. The van der Waals surface area contributed by atoms with Gasteiger partial charge in [0.25, 0.3) is 5.91 Å². The number of carbonyl (C=O) groups is 2. The van der Waals surface area contributed by atoms with Crippen LogP contribution in [0.4, 0.5) is 0 Å². The highest BCUT2D eigenvalue weighted by atomic mass is 32.2. The summed E-state index contributed by atoms with van der Waals surface area (Å²) in [5, 5.41) is 0. The maximum Gasteiger partial charge on any atom is 0.338 e. The summed E-state index contributed by atoms with van der Waals surface area (Å²) in [6.45, 7) is 3.40. The Morgan fingerprint density at radius 2 is 1.88 bits per heavy atom. The van der Waals surface area contributed by atoms with E-state index in [0.717, 1.165) is 24.0 Å². The van der Waals surface area contributed by atoms with E-state index in [1.807, 2.05) is 19.9 Å². The smallest absolute Gasteiger partial charge is 0.338 e. The van der Waals surface area contributed by atoms with Gasteiger partial charge < -0.3 is 9.64 Å². The monoisotopic (exact) mass is 365 g/mol. The largest absolute Gasteiger partial charge is 0.452 e. The first-order valence-electron chi connectivity index (χ1n) is 8.53. The molecule has 0 bridgehead atoms. The van der Waals surface area contributed by atoms with Crippen LogP contribution in [0, 0.1) is 13.8 Å². The van der Waals surface area contributed by atoms with Crippen molar-refractivity contribution in [2.24, 2.45) is 0 Å². The van der Waals surface area contributed by atoms with Gasteiger partial charge in [-0.2, -0.15) is 0 Å². The van der Waals surface area contributed by atoms with Crippen LogP contribution in [0.1, 0.15) is 40.7 Å². The Labute approximate surface area is 148 Å². The van der Waals surface area contributed by atoms with Crippen molar-refractivity contribution in [2.75, 3.05) is 18.1 Å². The van der Waals surface area contributed by atoms with Gasteiger partial charge in [-0.25, -0.2) is 13.2 Å². The molecule has 0 aromatic heterocycles. The molecule has 0 N–H and O–H groups in total. The number of benzene rings is 1. The number of hydrogen-bond donors (Lipinski definition) is 0. The molecule has 1 saturated heterocycles. The Morgan fingerprint density at radius 1 is 1.16 bits per heavy atom. The molecule has 1 aliphatic carbocycles. The Hall–Kier alpha value is -1.89. The summed E-state index contributed by atoms with van der Waals surface area (Å²) in [6, 6.07) is 5.17. The van der Waals surface area contributed by atoms with Crippen LogP contribution in [0.3, 0.4) is 0 Å². The molecule has 1 atom stereocenters. The molecule has 2 fully saturated rings. The van der Waals surface area contributed by atoms with Crippen LogP contribution in [0.15, 0.2) is 18.2 Å². The summed E-state index contributed by atoms with van der Waals surface area (Å²) in [5.41, 5.74) is 2.27. The Morgan fingerprint density at radius 3 is 2.48 bits per heavy atom. The number of nitrogens with zero attached hydrogens (tertiary/aromatic N) is 1. The quantitative estimate of drug-likeness (QED) is 0.741. The number of sulfone groups is 1. The second-order valence-electron chi connectivity index (χ2n) is 6.91. The molecule has 1 amide bonds. The van der Waals surface area contributed by atoms with E-state index in [-0.39, 0.29) is 36.1 Å². The van der Waals surface area contributed by atoms with E-state index in [2.05, 4.69) is 0 Å². The summed E-state index contributed by atoms with van der Waals surface area (Å²) in [7, 11) is -3.07. The van der Waals surface area contributed by atoms with Crippen molar-refractivity contribution < 1.29 is 22.7 Å². The number of hydrogen-bond acceptors (Lipinski definition) is 5. The Kier molecular flexibility index (Phi) is 4.86. The maximum absolute atomic E-state index is 12.6. The lowest BCUT2D eigenvalue weighted by molar-refractivity contribution is -0.137. The molecule has 2 aliphatic rings. The van der Waals surface area contributed by atoms with Crippen molar-refractivity contribution in [3.63, 3.8) is 0 Å². The topological polar surface area (TPSA) is 80.8 Å². The van der Waals surface area contributed by atoms with Crippen LogP contribution in [0.5, 0.6) is 0 Å². The highest BCUT2D eigenvalue weighted by Gasteiger charge is 2.42. The van der Waals surface area contributed by atoms with Crippen molar-refractivity contribution in [1.82, 2.24) is 4.90 Å². The minimum Gasteiger partial charge on any atom is -0.452 e. The van der Waals surface area contributed by atoms with Gasteiger partial charge in [-0.15, -0.1) is 0 Å². The summed E-state index contributed by atoms with van der Waals surface area (Å²) >= 11 is 0. The van der Waals surface area contributed by atoms with Gasteiger partial charge in [0.15, 0.2) is 16.4 Å². The standard InChI is InChI=1S/C18H23NO5S/c1-12-4-3-5-16(13(12)2)18(21)24-10-17(20)19(14-6-7-14)15-8-9-25(22,23)11-15/h3-5,14-15H,6-11H2,1-2H3/t15-/m1/s1. The van der Waals surface area contributed by atoms with E-state index in [9.17, 15) is 18.0 Å². The van der Waals surface area contributed by atoms with Gasteiger partial charge in [0.1, 0.15) is 0 Å². The van der Waals surface area contributed by atoms with E-state index in [0.29, 0.717) is 12.0 Å². The van der Waals surface area contributed by atoms with E-state index >= 15 is 0 Å². The average molecular weight is 365 g/mol. The Bertz CT molecular complexity index is 798. The first kappa shape index (κ1) is 17.9. The Balaban J connectivity index is 1.64. The van der Waals surface area contributed by atoms with E-state index in [1.54, 1.807) is 17.0 Å². The summed E-state index contributed by atoms with van der Waals surface area (Å²) < 4.78 is 28.6. The number of ether oxygens (including phenoxy) is 1. The van der Waals surface area contributed by atoms with Gasteiger partial charge in [0.2, 0.25) is 0 Å². The molecule has 3 rings (SSSR count). The first-order chi connectivity index (χ1) is 11.8. The minimum absolute atomic E-state index is 0.0141. The molecule has 1 aromatic carbocycles. The predicted molar refractivity (Wildman–Crippen MR) is 93.1 cm³/mol. The number of aryl methyl sites for hydroxylation is 1. The third-order valence-electron chi connectivity index (χ3n) is 4.98. The van der Waals surface area contributed by atoms with Crippen molar-refractivity contribution in [1.29, 1.82) is 0 Å². The molecule has 1 saturated carbocycles. The molecule has 0 radical (unpaired) electrons. The van der Waals surface area contributed by atoms with Gasteiger partial charge in [-0.3, -0.25) is 4.79 Å². The molecule has 7 heteroatoms. The summed E-state index contributed by atoms with van der Waals surface area (Å²) in [5.74, 6) is -0.691. The lowest BCUT2D eigenvalue weighted by Gasteiger charge is -2.28. The molecule has 25 heavy (non-hydrogen) atoms. The zero-order valence-electron chi connectivity index (χ0n) is 14.5. The van der Waals surface area contributed by atoms with Gasteiger partial charge in [0, 0.05) is 12.1 Å². The third-order valence-corrected chi connectivity index (χ3v) is 6.73. The van der Waals surface area contributed by atoms with E-state index in [4.69, 9.17) is 4.74 Å². The highest BCUT2D eigenvalue weighted by Crippen LogP contribution is 2.32. The van der Waals surface area contributed by atoms with Crippen LogP contribution >= 0.6 is 0 Å². The molecule has 1 aromatic rings. The molecular formula is C18H23NO5S. The molecule has 0 unspecified atom stereocenters. The first-order valence-corrected chi connectivity index (χ1v) is 10.4. The lowest BCUT2D eigenvalue weighted by atomic mass is 10.0. The third kappa shape index (κ3) is 4.03. The number of esters is 1. The van der Waals surface area contributed by atoms with Gasteiger partial charge in [0.05, 0.1) is 17.1 Å². The van der Waals surface area contributed by atoms with Crippen molar-refractivity contribution in [3.8, 4) is 0 Å². The second kappa shape index (κ2) is 6.78. The van der Waals surface area contributed by atoms with Gasteiger partial charge >= 0.3 is 5.97 Å². The van der Waals surface area contributed by atoms with Crippen molar-refractivity contribution >= 4 is 21.7 Å². The number of rotatable bonds is 5. The van der Waals surface area contributed by atoms with Gasteiger partial charge in [-0.05, 0) is 50.3 Å². The van der Waals surface area contributed by atoms with Crippen molar-refractivity contribution in [2.45, 2.75) is 45.2 Å². The molecular weight excluding hydrogens is 342 g/mol. The molecule has 1 heterocycles. The molecule has 0 spiro atoms. The summed E-state index contributed by atoms with van der Waals surface area (Å²) in [6.07, 6.45) is 2.23. The van der Waals surface area contributed by atoms with Gasteiger partial charge in [-0.1, -0.05) is 12.1 Å². The fourth-order valence-electron chi connectivity index (χ4n) is 3.30. The van der Waals surface area contributed by atoms with E-state index < -0.39 is 15.8 Å². The van der Waals surface area contributed by atoms with Crippen LogP contribution in [-0.4, -0.2) is 55.4 Å². The number of amides is 1. The van der Waals surface area contributed by atoms with Crippen LogP contribution < -0.4 is 0 Å². The fraction of sp³-hybridized carbons (Fsp3) is 0.556. The molecule has 6 nitrogen and oxygen atoms in total. The zero-order chi connectivity index (χ0) is 18.2. The summed E-state index contributed by atoms with van der Waals surface area (Å²) in [4.78, 5) is 26.5. The highest BCUT2D eigenvalue weighted by molar-refractivity contribution is 7.91. The number of carbonyl (C=O) groups excluding carboxylic acids is 2. The maximum atomic E-state index is 12.6. The van der Waals surface area contributed by atoms with Crippen molar-refractivity contribution in [3.05, 3.63) is 34.9 Å². The molecule has 136 valence electrons. The van der Waals surface area contributed by atoms with Crippen LogP contribution in [0.25, 0.3) is 0 Å². The SMILES string of the molecule is Cc1cccc(C(=O)OCC(=O)N(C2CC2)[C@@H]2CCS(=O)(=O)C2)c1C. The predicted octanol–water partition coefficient (Wildman–Crippen LogP) is 1.64. The van der Waals surface area contributed by atoms with Crippen LogP contribution in [0.2, 0.25) is 0 Å². The second-order valence-corrected chi connectivity index (χ2v) is 9.14. The van der Waals surface area contributed by atoms with Crippen LogP contribution in [-0.2, 0) is 19.4 Å². The zero-order valence-corrected chi connectivity index (χ0v) is 15.3.